The van der Waals surface area contributed by atoms with Crippen LogP contribution in [0.5, 0.6) is 5.75 Å². The van der Waals surface area contributed by atoms with Crippen molar-refractivity contribution in [3.8, 4) is 16.9 Å². The zero-order valence-electron chi connectivity index (χ0n) is 15.8. The standard InChI is InChI=1S/C22H24N4O/c1-16-5-7-23-12-21(16)18-6-8-26(13-18)14-19-9-17(3-4-22(19)27-2)20-10-24-15-25-11-20/h3-5,7,9-12,15,18H,6,8,13-14H2,1-2H3. The molecule has 0 spiro atoms. The number of aromatic nitrogens is 3. The molecule has 3 heterocycles. The van der Waals surface area contributed by atoms with Crippen molar-refractivity contribution in [3.63, 3.8) is 0 Å². The molecule has 1 aliphatic rings. The molecule has 1 aromatic carbocycles. The molecule has 1 aliphatic heterocycles. The van der Waals surface area contributed by atoms with Crippen LogP contribution < -0.4 is 4.74 Å². The number of ether oxygens (including phenoxy) is 1. The van der Waals surface area contributed by atoms with E-state index in [0.717, 1.165) is 36.5 Å². The van der Waals surface area contributed by atoms with Gasteiger partial charge in [-0.2, -0.15) is 0 Å². The van der Waals surface area contributed by atoms with E-state index in [2.05, 4.69) is 45.0 Å². The number of methoxy groups -OCH3 is 1. The largest absolute Gasteiger partial charge is 0.496 e. The molecule has 27 heavy (non-hydrogen) atoms. The van der Waals surface area contributed by atoms with Gasteiger partial charge in [0, 0.05) is 49.0 Å². The Labute approximate surface area is 160 Å². The zero-order chi connectivity index (χ0) is 18.6. The van der Waals surface area contributed by atoms with Crippen LogP contribution in [0, 0.1) is 6.92 Å². The Balaban J connectivity index is 1.53. The Kier molecular flexibility index (Phi) is 5.12. The van der Waals surface area contributed by atoms with E-state index in [4.69, 9.17) is 4.74 Å². The Bertz CT molecular complexity index is 913. The van der Waals surface area contributed by atoms with Crippen molar-refractivity contribution in [1.29, 1.82) is 0 Å². The van der Waals surface area contributed by atoms with Crippen LogP contribution in [0.4, 0.5) is 0 Å². The van der Waals surface area contributed by atoms with Crippen LogP contribution in [0.3, 0.4) is 0 Å². The minimum atomic E-state index is 0.551. The molecule has 2 aromatic heterocycles. The van der Waals surface area contributed by atoms with Crippen molar-refractivity contribution in [3.05, 3.63) is 72.1 Å². The van der Waals surface area contributed by atoms with Crippen molar-refractivity contribution >= 4 is 0 Å². The average molecular weight is 360 g/mol. The summed E-state index contributed by atoms with van der Waals surface area (Å²) >= 11 is 0. The number of hydrogen-bond acceptors (Lipinski definition) is 5. The fourth-order valence-corrected chi connectivity index (χ4v) is 3.90. The first-order chi connectivity index (χ1) is 13.2. The third kappa shape index (κ3) is 3.83. The maximum Gasteiger partial charge on any atom is 0.123 e. The number of hydrogen-bond donors (Lipinski definition) is 0. The van der Waals surface area contributed by atoms with Crippen LogP contribution in [0.25, 0.3) is 11.1 Å². The van der Waals surface area contributed by atoms with Gasteiger partial charge in [-0.25, -0.2) is 9.97 Å². The molecule has 5 heteroatoms. The lowest BCUT2D eigenvalue weighted by Gasteiger charge is -2.19. The second-order valence-electron chi connectivity index (χ2n) is 7.11. The molecule has 1 unspecified atom stereocenters. The van der Waals surface area contributed by atoms with Crippen LogP contribution in [0.15, 0.2) is 55.4 Å². The van der Waals surface area contributed by atoms with E-state index >= 15 is 0 Å². The Morgan fingerprint density at radius 1 is 1.07 bits per heavy atom. The first-order valence-corrected chi connectivity index (χ1v) is 9.30. The smallest absolute Gasteiger partial charge is 0.123 e. The lowest BCUT2D eigenvalue weighted by atomic mass is 9.96. The van der Waals surface area contributed by atoms with Crippen molar-refractivity contribution in [1.82, 2.24) is 19.9 Å². The van der Waals surface area contributed by atoms with E-state index in [9.17, 15) is 0 Å². The maximum atomic E-state index is 5.61. The summed E-state index contributed by atoms with van der Waals surface area (Å²) < 4.78 is 5.61. The molecule has 138 valence electrons. The number of pyridine rings is 1. The van der Waals surface area contributed by atoms with Gasteiger partial charge in [0.15, 0.2) is 0 Å². The van der Waals surface area contributed by atoms with E-state index in [1.165, 1.54) is 23.1 Å². The quantitative estimate of drug-likeness (QED) is 0.692. The molecule has 1 fully saturated rings. The van der Waals surface area contributed by atoms with Crippen LogP contribution in [0.1, 0.15) is 29.0 Å². The van der Waals surface area contributed by atoms with Gasteiger partial charge in [0.05, 0.1) is 7.11 Å². The highest BCUT2D eigenvalue weighted by Crippen LogP contribution is 2.32. The topological polar surface area (TPSA) is 51.1 Å². The molecular formula is C22H24N4O. The van der Waals surface area contributed by atoms with Gasteiger partial charge in [-0.05, 0) is 60.7 Å². The van der Waals surface area contributed by atoms with Gasteiger partial charge >= 0.3 is 0 Å². The van der Waals surface area contributed by atoms with Gasteiger partial charge in [-0.15, -0.1) is 0 Å². The van der Waals surface area contributed by atoms with Gasteiger partial charge in [-0.1, -0.05) is 6.07 Å². The maximum absolute atomic E-state index is 5.61. The van der Waals surface area contributed by atoms with Gasteiger partial charge in [0.2, 0.25) is 0 Å². The van der Waals surface area contributed by atoms with Crippen molar-refractivity contribution in [2.45, 2.75) is 25.8 Å². The highest BCUT2D eigenvalue weighted by atomic mass is 16.5. The molecule has 0 radical (unpaired) electrons. The van der Waals surface area contributed by atoms with Crippen LogP contribution in [0.2, 0.25) is 0 Å². The normalized spacial score (nSPS) is 17.2. The number of rotatable bonds is 5. The fraction of sp³-hybridized carbons (Fsp3) is 0.318. The second kappa shape index (κ2) is 7.84. The highest BCUT2D eigenvalue weighted by Gasteiger charge is 2.25. The summed E-state index contributed by atoms with van der Waals surface area (Å²) in [5.74, 6) is 1.48. The zero-order valence-corrected chi connectivity index (χ0v) is 15.8. The molecule has 0 amide bonds. The van der Waals surface area contributed by atoms with Crippen LogP contribution in [-0.4, -0.2) is 40.1 Å². The molecule has 0 bridgehead atoms. The number of benzene rings is 1. The van der Waals surface area contributed by atoms with E-state index in [-0.39, 0.29) is 0 Å². The summed E-state index contributed by atoms with van der Waals surface area (Å²) in [5, 5.41) is 0. The molecule has 1 atom stereocenters. The van der Waals surface area contributed by atoms with Crippen molar-refractivity contribution < 1.29 is 4.74 Å². The summed E-state index contributed by atoms with van der Waals surface area (Å²) in [7, 11) is 1.73. The van der Waals surface area contributed by atoms with Gasteiger partial charge < -0.3 is 4.74 Å². The number of nitrogens with zero attached hydrogens (tertiary/aromatic N) is 4. The SMILES string of the molecule is COc1ccc(-c2cncnc2)cc1CN1CCC(c2cnccc2C)C1. The summed E-state index contributed by atoms with van der Waals surface area (Å²) in [6.45, 7) is 5.18. The molecule has 1 saturated heterocycles. The monoisotopic (exact) mass is 360 g/mol. The van der Waals surface area contributed by atoms with Gasteiger partial charge in [0.25, 0.3) is 0 Å². The molecular weight excluding hydrogens is 336 g/mol. The highest BCUT2D eigenvalue weighted by molar-refractivity contribution is 5.64. The molecule has 5 nitrogen and oxygen atoms in total. The molecule has 0 aliphatic carbocycles. The third-order valence-electron chi connectivity index (χ3n) is 5.36. The molecule has 4 rings (SSSR count). The lowest BCUT2D eigenvalue weighted by Crippen LogP contribution is -2.20. The Hall–Kier alpha value is -2.79. The van der Waals surface area contributed by atoms with Gasteiger partial charge in [-0.3, -0.25) is 9.88 Å². The predicted octanol–water partition coefficient (Wildman–Crippen LogP) is 3.85. The molecule has 0 saturated carbocycles. The number of likely N-dealkylation sites (tertiary alicyclic amines) is 1. The van der Waals surface area contributed by atoms with E-state index in [1.54, 1.807) is 13.4 Å². The molecule has 0 N–H and O–H groups in total. The van der Waals surface area contributed by atoms with Crippen LogP contribution >= 0.6 is 0 Å². The Morgan fingerprint density at radius 3 is 2.70 bits per heavy atom. The minimum absolute atomic E-state index is 0.551. The van der Waals surface area contributed by atoms with E-state index < -0.39 is 0 Å². The third-order valence-corrected chi connectivity index (χ3v) is 5.36. The lowest BCUT2D eigenvalue weighted by molar-refractivity contribution is 0.317. The predicted molar refractivity (Wildman–Crippen MR) is 106 cm³/mol. The number of aryl methyl sites for hydroxylation is 1. The second-order valence-corrected chi connectivity index (χ2v) is 7.11. The first-order valence-electron chi connectivity index (χ1n) is 9.30. The molecule has 3 aromatic rings. The van der Waals surface area contributed by atoms with Crippen molar-refractivity contribution in [2.75, 3.05) is 20.2 Å². The van der Waals surface area contributed by atoms with E-state index in [1.807, 2.05) is 30.9 Å². The van der Waals surface area contributed by atoms with Crippen molar-refractivity contribution in [2.24, 2.45) is 0 Å². The summed E-state index contributed by atoms with van der Waals surface area (Å²) in [5.41, 5.74) is 6.04. The first kappa shape index (κ1) is 17.6. The average Bonchev–Trinajstić information content (AvgIpc) is 3.17. The van der Waals surface area contributed by atoms with E-state index in [0.29, 0.717) is 5.92 Å². The minimum Gasteiger partial charge on any atom is -0.496 e. The summed E-state index contributed by atoms with van der Waals surface area (Å²) in [6, 6.07) is 8.40. The van der Waals surface area contributed by atoms with Gasteiger partial charge in [0.1, 0.15) is 12.1 Å². The summed E-state index contributed by atoms with van der Waals surface area (Å²) in [4.78, 5) is 15.1. The fourth-order valence-electron chi connectivity index (χ4n) is 3.90. The van der Waals surface area contributed by atoms with Crippen LogP contribution in [-0.2, 0) is 6.54 Å². The Morgan fingerprint density at radius 2 is 1.93 bits per heavy atom. The summed E-state index contributed by atoms with van der Waals surface area (Å²) in [6.07, 6.45) is 10.3.